The van der Waals surface area contributed by atoms with E-state index in [2.05, 4.69) is 15.9 Å². The second-order valence-electron chi connectivity index (χ2n) is 4.27. The fourth-order valence-corrected chi connectivity index (χ4v) is 3.26. The van der Waals surface area contributed by atoms with Gasteiger partial charge in [-0.3, -0.25) is 0 Å². The zero-order valence-electron chi connectivity index (χ0n) is 11.0. The minimum absolute atomic E-state index is 0.0780. The molecule has 1 atom stereocenters. The molecule has 6 heteroatoms. The number of rotatable bonds is 4. The summed E-state index contributed by atoms with van der Waals surface area (Å²) in [4.78, 5) is -0.301. The largest absolute Gasteiger partial charge is 0.492 e. The Morgan fingerprint density at radius 2 is 1.81 bits per heavy atom. The van der Waals surface area contributed by atoms with E-state index < -0.39 is 5.82 Å². The maximum absolute atomic E-state index is 13.6. The summed E-state index contributed by atoms with van der Waals surface area (Å²) in [7, 11) is 0. The number of hydrogen-bond donors (Lipinski definition) is 0. The van der Waals surface area contributed by atoms with Crippen molar-refractivity contribution in [3.05, 3.63) is 62.3 Å². The van der Waals surface area contributed by atoms with Crippen molar-refractivity contribution in [2.45, 2.75) is 11.8 Å². The molecule has 21 heavy (non-hydrogen) atoms. The molecule has 0 bridgehead atoms. The Morgan fingerprint density at radius 3 is 2.43 bits per heavy atom. The van der Waals surface area contributed by atoms with Gasteiger partial charge in [0, 0.05) is 11.1 Å². The maximum atomic E-state index is 13.6. The number of alkyl halides is 1. The van der Waals surface area contributed by atoms with Crippen molar-refractivity contribution in [1.82, 2.24) is 0 Å². The van der Waals surface area contributed by atoms with Crippen molar-refractivity contribution in [2.75, 3.05) is 6.61 Å². The van der Waals surface area contributed by atoms with E-state index in [0.29, 0.717) is 28.0 Å². The van der Waals surface area contributed by atoms with Gasteiger partial charge >= 0.3 is 0 Å². The van der Waals surface area contributed by atoms with Crippen LogP contribution in [0.3, 0.4) is 0 Å². The van der Waals surface area contributed by atoms with E-state index in [4.69, 9.17) is 39.5 Å². The van der Waals surface area contributed by atoms with Crippen LogP contribution in [0.4, 0.5) is 4.39 Å². The Bertz CT molecular complexity index is 664. The molecule has 0 heterocycles. The number of benzene rings is 2. The number of hydrogen-bond acceptors (Lipinski definition) is 1. The van der Waals surface area contributed by atoms with Crippen molar-refractivity contribution < 1.29 is 9.13 Å². The summed E-state index contributed by atoms with van der Waals surface area (Å²) < 4.78 is 19.0. The molecule has 0 amide bonds. The molecule has 0 saturated carbocycles. The van der Waals surface area contributed by atoms with E-state index in [1.807, 2.05) is 6.92 Å². The van der Waals surface area contributed by atoms with Crippen molar-refractivity contribution in [1.29, 1.82) is 0 Å². The minimum Gasteiger partial charge on any atom is -0.492 e. The molecule has 0 aliphatic rings. The Labute approximate surface area is 146 Å². The third kappa shape index (κ3) is 3.84. The molecule has 0 fully saturated rings. The standard InChI is InChI=1S/C15H11BrCl3FO/c1-2-21-14-7-11(18)9(6-12(14)19)15(16)8-3-4-10(17)13(20)5-8/h3-7,15H,2H2,1H3. The molecule has 112 valence electrons. The molecule has 0 saturated heterocycles. The Hall–Kier alpha value is -0.480. The second kappa shape index (κ2) is 7.19. The summed E-state index contributed by atoms with van der Waals surface area (Å²) in [6.07, 6.45) is 0. The number of halogens is 5. The lowest BCUT2D eigenvalue weighted by atomic mass is 10.0. The lowest BCUT2D eigenvalue weighted by Crippen LogP contribution is -1.98. The minimum atomic E-state index is -0.480. The lowest BCUT2D eigenvalue weighted by molar-refractivity contribution is 0.340. The zero-order valence-corrected chi connectivity index (χ0v) is 14.8. The molecule has 0 aromatic heterocycles. The van der Waals surface area contributed by atoms with Gasteiger partial charge in [-0.15, -0.1) is 0 Å². The highest BCUT2D eigenvalue weighted by Gasteiger charge is 2.18. The molecule has 0 N–H and O–H groups in total. The SMILES string of the molecule is CCOc1cc(Cl)c(C(Br)c2ccc(Cl)c(F)c2)cc1Cl. The second-order valence-corrected chi connectivity index (χ2v) is 6.41. The van der Waals surface area contributed by atoms with Gasteiger partial charge in [0.15, 0.2) is 0 Å². The van der Waals surface area contributed by atoms with Crippen molar-refractivity contribution >= 4 is 50.7 Å². The van der Waals surface area contributed by atoms with Gasteiger partial charge in [0.05, 0.1) is 21.5 Å². The number of ether oxygens (including phenoxy) is 1. The Balaban J connectivity index is 2.40. The molecule has 0 radical (unpaired) electrons. The first-order chi connectivity index (χ1) is 9.93. The molecule has 0 aliphatic heterocycles. The summed E-state index contributed by atoms with van der Waals surface area (Å²) in [5.74, 6) is 0.0432. The highest BCUT2D eigenvalue weighted by Crippen LogP contribution is 2.40. The van der Waals surface area contributed by atoms with Gasteiger partial charge < -0.3 is 4.74 Å². The summed E-state index contributed by atoms with van der Waals surface area (Å²) in [6, 6.07) is 7.96. The normalized spacial score (nSPS) is 12.3. The molecular formula is C15H11BrCl3FO. The molecule has 2 aromatic rings. The molecule has 1 unspecified atom stereocenters. The van der Waals surface area contributed by atoms with Crippen LogP contribution in [0.25, 0.3) is 0 Å². The molecule has 0 spiro atoms. The maximum Gasteiger partial charge on any atom is 0.142 e. The van der Waals surface area contributed by atoms with Crippen LogP contribution in [-0.2, 0) is 0 Å². The van der Waals surface area contributed by atoms with Crippen LogP contribution in [0.5, 0.6) is 5.75 Å². The van der Waals surface area contributed by atoms with Crippen LogP contribution in [-0.4, -0.2) is 6.61 Å². The van der Waals surface area contributed by atoms with E-state index >= 15 is 0 Å². The van der Waals surface area contributed by atoms with Gasteiger partial charge in [-0.05, 0) is 36.2 Å². The van der Waals surface area contributed by atoms with Gasteiger partial charge in [-0.25, -0.2) is 4.39 Å². The monoisotopic (exact) mass is 410 g/mol. The highest BCUT2D eigenvalue weighted by molar-refractivity contribution is 9.09. The summed E-state index contributed by atoms with van der Waals surface area (Å²) in [5.41, 5.74) is 1.42. The fourth-order valence-electron chi connectivity index (χ4n) is 1.85. The highest BCUT2D eigenvalue weighted by atomic mass is 79.9. The van der Waals surface area contributed by atoms with Crippen molar-refractivity contribution in [3.63, 3.8) is 0 Å². The van der Waals surface area contributed by atoms with Crippen LogP contribution in [0.2, 0.25) is 15.1 Å². The van der Waals surface area contributed by atoms with E-state index in [0.717, 1.165) is 5.56 Å². The van der Waals surface area contributed by atoms with E-state index in [1.165, 1.54) is 12.1 Å². The molecule has 2 rings (SSSR count). The van der Waals surface area contributed by atoms with Crippen LogP contribution in [0.15, 0.2) is 30.3 Å². The molecular weight excluding hydrogens is 401 g/mol. The van der Waals surface area contributed by atoms with Crippen LogP contribution in [0.1, 0.15) is 22.9 Å². The van der Waals surface area contributed by atoms with E-state index in [-0.39, 0.29) is 9.85 Å². The zero-order chi connectivity index (χ0) is 15.6. The fraction of sp³-hybridized carbons (Fsp3) is 0.200. The summed E-state index contributed by atoms with van der Waals surface area (Å²) in [6.45, 7) is 2.36. The van der Waals surface area contributed by atoms with Gasteiger partial charge in [0.2, 0.25) is 0 Å². The average molecular weight is 413 g/mol. The van der Waals surface area contributed by atoms with Gasteiger partial charge in [-0.1, -0.05) is 56.8 Å². The van der Waals surface area contributed by atoms with E-state index in [9.17, 15) is 4.39 Å². The first-order valence-corrected chi connectivity index (χ1v) is 8.19. The Morgan fingerprint density at radius 1 is 1.10 bits per heavy atom. The van der Waals surface area contributed by atoms with Crippen LogP contribution >= 0.6 is 50.7 Å². The topological polar surface area (TPSA) is 9.23 Å². The third-order valence-corrected chi connectivity index (χ3v) is 4.81. The quantitative estimate of drug-likeness (QED) is 0.510. The first-order valence-electron chi connectivity index (χ1n) is 6.14. The predicted molar refractivity (Wildman–Crippen MR) is 89.8 cm³/mol. The van der Waals surface area contributed by atoms with Crippen molar-refractivity contribution in [3.8, 4) is 5.75 Å². The van der Waals surface area contributed by atoms with Gasteiger partial charge in [0.1, 0.15) is 11.6 Å². The Kier molecular flexibility index (Phi) is 5.78. The van der Waals surface area contributed by atoms with Crippen molar-refractivity contribution in [2.24, 2.45) is 0 Å². The molecule has 0 aliphatic carbocycles. The van der Waals surface area contributed by atoms with Crippen LogP contribution in [0, 0.1) is 5.82 Å². The lowest BCUT2D eigenvalue weighted by Gasteiger charge is -2.15. The smallest absolute Gasteiger partial charge is 0.142 e. The molecule has 1 nitrogen and oxygen atoms in total. The predicted octanol–water partition coefficient (Wildman–Crippen LogP) is 6.67. The summed E-state index contributed by atoms with van der Waals surface area (Å²) >= 11 is 21.6. The third-order valence-electron chi connectivity index (χ3n) is 2.86. The first kappa shape index (κ1) is 16.9. The molecule has 2 aromatic carbocycles. The average Bonchev–Trinajstić information content (AvgIpc) is 2.45. The van der Waals surface area contributed by atoms with E-state index in [1.54, 1.807) is 18.2 Å². The van der Waals surface area contributed by atoms with Crippen LogP contribution < -0.4 is 4.74 Å². The van der Waals surface area contributed by atoms with Gasteiger partial charge in [0.25, 0.3) is 0 Å². The van der Waals surface area contributed by atoms with Gasteiger partial charge in [-0.2, -0.15) is 0 Å². The summed E-state index contributed by atoms with van der Waals surface area (Å²) in [5, 5.41) is 1.02.